The maximum Gasteiger partial charge on any atom is 0.218 e. The van der Waals surface area contributed by atoms with Crippen molar-refractivity contribution >= 4 is 10.0 Å². The summed E-state index contributed by atoms with van der Waals surface area (Å²) in [6.07, 6.45) is 0. The monoisotopic (exact) mass is 269 g/mol. The van der Waals surface area contributed by atoms with Gasteiger partial charge in [0.15, 0.2) is 0 Å². The first-order valence-corrected chi connectivity index (χ1v) is 7.68. The van der Waals surface area contributed by atoms with Crippen molar-refractivity contribution < 1.29 is 8.42 Å². The van der Waals surface area contributed by atoms with E-state index in [9.17, 15) is 8.42 Å². The Morgan fingerprint density at radius 2 is 2.06 bits per heavy atom. The van der Waals surface area contributed by atoms with Gasteiger partial charge in [0.1, 0.15) is 0 Å². The van der Waals surface area contributed by atoms with Gasteiger partial charge in [0.25, 0.3) is 0 Å². The van der Waals surface area contributed by atoms with E-state index in [1.807, 2.05) is 30.3 Å². The Morgan fingerprint density at radius 3 is 2.72 bits per heavy atom. The molecule has 0 aromatic heterocycles. The molecule has 0 radical (unpaired) electrons. The van der Waals surface area contributed by atoms with Gasteiger partial charge in [-0.05, 0) is 5.56 Å². The topological polar surface area (TPSA) is 75.4 Å². The number of nitrogens with one attached hydrogen (secondary N) is 1. The molecule has 0 amide bonds. The summed E-state index contributed by atoms with van der Waals surface area (Å²) in [5.41, 5.74) is 6.45. The number of piperazine rings is 1. The Kier molecular flexibility index (Phi) is 4.34. The number of hydrogen-bond acceptors (Lipinski definition) is 4. The average Bonchev–Trinajstić information content (AvgIpc) is 2.39. The molecule has 0 aliphatic carbocycles. The molecule has 18 heavy (non-hydrogen) atoms. The number of sulfonamides is 1. The summed E-state index contributed by atoms with van der Waals surface area (Å²) in [7, 11) is -3.28. The molecule has 0 bridgehead atoms. The Morgan fingerprint density at radius 1 is 1.33 bits per heavy atom. The third kappa shape index (κ3) is 3.08. The van der Waals surface area contributed by atoms with Crippen molar-refractivity contribution in [1.29, 1.82) is 0 Å². The molecule has 0 saturated carbocycles. The molecular weight excluding hydrogens is 250 g/mol. The predicted octanol–water partition coefficient (Wildman–Crippen LogP) is -0.251. The summed E-state index contributed by atoms with van der Waals surface area (Å²) in [6.45, 7) is 2.16. The van der Waals surface area contributed by atoms with Crippen LogP contribution in [-0.4, -0.2) is 44.9 Å². The first kappa shape index (κ1) is 13.5. The molecule has 1 aromatic rings. The fraction of sp³-hybridized carbons (Fsp3) is 0.500. The summed E-state index contributed by atoms with van der Waals surface area (Å²) in [5.74, 6) is 0.0460. The van der Waals surface area contributed by atoms with Crippen LogP contribution in [0.25, 0.3) is 0 Å². The summed E-state index contributed by atoms with van der Waals surface area (Å²) in [4.78, 5) is 0. The third-order valence-corrected chi connectivity index (χ3v) is 5.01. The van der Waals surface area contributed by atoms with E-state index in [1.54, 1.807) is 0 Å². The molecule has 100 valence electrons. The highest BCUT2D eigenvalue weighted by Crippen LogP contribution is 2.14. The van der Waals surface area contributed by atoms with Crippen LogP contribution < -0.4 is 11.1 Å². The highest BCUT2D eigenvalue weighted by Gasteiger charge is 2.31. The van der Waals surface area contributed by atoms with Gasteiger partial charge in [-0.1, -0.05) is 30.3 Å². The second-order valence-electron chi connectivity index (χ2n) is 4.45. The van der Waals surface area contributed by atoms with Crippen molar-refractivity contribution in [3.05, 3.63) is 35.9 Å². The van der Waals surface area contributed by atoms with Crippen molar-refractivity contribution in [1.82, 2.24) is 9.62 Å². The Balaban J connectivity index is 2.14. The van der Waals surface area contributed by atoms with E-state index in [0.717, 1.165) is 5.56 Å². The molecule has 1 saturated heterocycles. The fourth-order valence-electron chi connectivity index (χ4n) is 2.18. The number of rotatable bonds is 4. The number of nitrogens with two attached hydrogens (primary N) is 1. The Bertz CT molecular complexity index is 475. The zero-order chi connectivity index (χ0) is 13.0. The van der Waals surface area contributed by atoms with Crippen LogP contribution in [0, 0.1) is 0 Å². The molecule has 1 atom stereocenters. The molecular formula is C12H19N3O2S. The molecule has 6 heteroatoms. The van der Waals surface area contributed by atoms with E-state index < -0.39 is 10.0 Å². The Hall–Kier alpha value is -0.950. The quantitative estimate of drug-likeness (QED) is 0.790. The van der Waals surface area contributed by atoms with Gasteiger partial charge < -0.3 is 11.1 Å². The standard InChI is InChI=1S/C12H19N3O2S/c13-8-12-9-14-6-7-15(12)18(16,17)10-11-4-2-1-3-5-11/h1-5,12,14H,6-10,13H2. The molecule has 2 rings (SSSR count). The van der Waals surface area contributed by atoms with Gasteiger partial charge in [0.05, 0.1) is 5.75 Å². The van der Waals surface area contributed by atoms with Gasteiger partial charge in [-0.2, -0.15) is 4.31 Å². The molecule has 1 aliphatic heterocycles. The molecule has 5 nitrogen and oxygen atoms in total. The zero-order valence-electron chi connectivity index (χ0n) is 10.2. The minimum absolute atomic E-state index is 0.0460. The molecule has 1 heterocycles. The highest BCUT2D eigenvalue weighted by molar-refractivity contribution is 7.88. The lowest BCUT2D eigenvalue weighted by molar-refractivity contribution is 0.272. The van der Waals surface area contributed by atoms with Gasteiger partial charge in [0, 0.05) is 32.2 Å². The van der Waals surface area contributed by atoms with Crippen LogP contribution in [0.3, 0.4) is 0 Å². The van der Waals surface area contributed by atoms with E-state index in [4.69, 9.17) is 5.73 Å². The lowest BCUT2D eigenvalue weighted by Crippen LogP contribution is -2.56. The minimum atomic E-state index is -3.28. The lowest BCUT2D eigenvalue weighted by Gasteiger charge is -2.34. The van der Waals surface area contributed by atoms with Crippen LogP contribution in [0.5, 0.6) is 0 Å². The predicted molar refractivity (Wildman–Crippen MR) is 71.5 cm³/mol. The highest BCUT2D eigenvalue weighted by atomic mass is 32.2. The molecule has 1 aliphatic rings. The second kappa shape index (κ2) is 5.79. The Labute approximate surface area is 108 Å². The van der Waals surface area contributed by atoms with Gasteiger partial charge in [-0.15, -0.1) is 0 Å². The van der Waals surface area contributed by atoms with Crippen LogP contribution >= 0.6 is 0 Å². The first-order valence-electron chi connectivity index (χ1n) is 6.08. The second-order valence-corrected chi connectivity index (χ2v) is 6.37. The van der Waals surface area contributed by atoms with Gasteiger partial charge in [0.2, 0.25) is 10.0 Å². The van der Waals surface area contributed by atoms with Crippen molar-refractivity contribution in [2.75, 3.05) is 26.2 Å². The number of benzene rings is 1. The van der Waals surface area contributed by atoms with E-state index in [0.29, 0.717) is 26.2 Å². The van der Waals surface area contributed by atoms with Crippen LogP contribution in [-0.2, 0) is 15.8 Å². The smallest absolute Gasteiger partial charge is 0.218 e. The summed E-state index contributed by atoms with van der Waals surface area (Å²) in [6, 6.07) is 9.11. The minimum Gasteiger partial charge on any atom is -0.329 e. The average molecular weight is 269 g/mol. The lowest BCUT2D eigenvalue weighted by atomic mass is 10.2. The van der Waals surface area contributed by atoms with Crippen LogP contribution in [0.4, 0.5) is 0 Å². The molecule has 1 unspecified atom stereocenters. The normalized spacial score (nSPS) is 21.9. The zero-order valence-corrected chi connectivity index (χ0v) is 11.1. The van der Waals surface area contributed by atoms with Gasteiger partial charge in [-0.25, -0.2) is 8.42 Å². The van der Waals surface area contributed by atoms with Crippen molar-refractivity contribution in [2.45, 2.75) is 11.8 Å². The summed E-state index contributed by atoms with van der Waals surface area (Å²) in [5, 5.41) is 3.17. The maximum atomic E-state index is 12.4. The number of hydrogen-bond donors (Lipinski definition) is 2. The molecule has 0 spiro atoms. The fourth-order valence-corrected chi connectivity index (χ4v) is 3.94. The summed E-state index contributed by atoms with van der Waals surface area (Å²) >= 11 is 0. The van der Waals surface area contributed by atoms with Crippen molar-refractivity contribution in [3.63, 3.8) is 0 Å². The summed E-state index contributed by atoms with van der Waals surface area (Å²) < 4.78 is 26.3. The van der Waals surface area contributed by atoms with Crippen LogP contribution in [0.1, 0.15) is 5.56 Å². The van der Waals surface area contributed by atoms with E-state index in [2.05, 4.69) is 5.32 Å². The molecule has 3 N–H and O–H groups in total. The van der Waals surface area contributed by atoms with E-state index in [-0.39, 0.29) is 11.8 Å². The van der Waals surface area contributed by atoms with Gasteiger partial charge >= 0.3 is 0 Å². The van der Waals surface area contributed by atoms with E-state index in [1.165, 1.54) is 4.31 Å². The van der Waals surface area contributed by atoms with Crippen LogP contribution in [0.2, 0.25) is 0 Å². The SMILES string of the molecule is NCC1CNCCN1S(=O)(=O)Cc1ccccc1. The maximum absolute atomic E-state index is 12.4. The largest absolute Gasteiger partial charge is 0.329 e. The van der Waals surface area contributed by atoms with Crippen LogP contribution in [0.15, 0.2) is 30.3 Å². The van der Waals surface area contributed by atoms with Crippen molar-refractivity contribution in [2.24, 2.45) is 5.73 Å². The molecule has 1 aromatic carbocycles. The first-order chi connectivity index (χ1) is 8.63. The van der Waals surface area contributed by atoms with Gasteiger partial charge in [-0.3, -0.25) is 0 Å². The third-order valence-electron chi connectivity index (χ3n) is 3.12. The molecule has 1 fully saturated rings. The van der Waals surface area contributed by atoms with E-state index >= 15 is 0 Å². The number of nitrogens with zero attached hydrogens (tertiary/aromatic N) is 1. The van der Waals surface area contributed by atoms with Crippen molar-refractivity contribution in [3.8, 4) is 0 Å².